The lowest BCUT2D eigenvalue weighted by molar-refractivity contribution is 0.0421. The fraction of sp³-hybridized carbons (Fsp3) is 0.700. The normalized spacial score (nSPS) is 23.0. The van der Waals surface area contributed by atoms with Crippen LogP contribution in [0.5, 0.6) is 0 Å². The SMILES string of the molecule is CC(CCN1CCN(CC2CCOCC2)CC1)c1ccccc1. The molecule has 0 bridgehead atoms. The van der Waals surface area contributed by atoms with Gasteiger partial charge in [-0.1, -0.05) is 37.3 Å². The smallest absolute Gasteiger partial charge is 0.0469 e. The Balaban J connectivity index is 1.34. The molecule has 0 amide bonds. The number of hydrogen-bond donors (Lipinski definition) is 0. The molecule has 0 saturated carbocycles. The molecule has 2 aliphatic heterocycles. The Kier molecular flexibility index (Phi) is 6.49. The molecule has 23 heavy (non-hydrogen) atoms. The van der Waals surface area contributed by atoms with Gasteiger partial charge >= 0.3 is 0 Å². The van der Waals surface area contributed by atoms with Gasteiger partial charge in [0.1, 0.15) is 0 Å². The van der Waals surface area contributed by atoms with Crippen molar-refractivity contribution >= 4 is 0 Å². The molecular weight excluding hydrogens is 284 g/mol. The zero-order valence-electron chi connectivity index (χ0n) is 14.6. The topological polar surface area (TPSA) is 15.7 Å². The highest BCUT2D eigenvalue weighted by atomic mass is 16.5. The molecule has 1 atom stereocenters. The molecule has 3 nitrogen and oxygen atoms in total. The fourth-order valence-electron chi connectivity index (χ4n) is 3.81. The summed E-state index contributed by atoms with van der Waals surface area (Å²) in [6.45, 7) is 11.8. The van der Waals surface area contributed by atoms with Crippen LogP contribution in [0.25, 0.3) is 0 Å². The molecule has 2 heterocycles. The number of hydrogen-bond acceptors (Lipinski definition) is 3. The van der Waals surface area contributed by atoms with E-state index in [0.29, 0.717) is 5.92 Å². The maximum absolute atomic E-state index is 5.47. The molecule has 128 valence electrons. The van der Waals surface area contributed by atoms with Gasteiger partial charge in [-0.15, -0.1) is 0 Å². The zero-order valence-corrected chi connectivity index (χ0v) is 14.6. The first-order chi connectivity index (χ1) is 11.3. The molecule has 0 radical (unpaired) electrons. The molecule has 1 aromatic rings. The highest BCUT2D eigenvalue weighted by molar-refractivity contribution is 5.18. The summed E-state index contributed by atoms with van der Waals surface area (Å²) in [5.41, 5.74) is 1.48. The van der Waals surface area contributed by atoms with E-state index in [1.54, 1.807) is 0 Å². The summed E-state index contributed by atoms with van der Waals surface area (Å²) in [6.07, 6.45) is 3.79. The summed E-state index contributed by atoms with van der Waals surface area (Å²) >= 11 is 0. The van der Waals surface area contributed by atoms with Crippen LogP contribution in [0.3, 0.4) is 0 Å². The van der Waals surface area contributed by atoms with Crippen molar-refractivity contribution < 1.29 is 4.74 Å². The molecule has 3 heteroatoms. The van der Waals surface area contributed by atoms with Gasteiger partial charge < -0.3 is 14.5 Å². The molecule has 2 fully saturated rings. The summed E-state index contributed by atoms with van der Waals surface area (Å²) in [6, 6.07) is 10.9. The van der Waals surface area contributed by atoms with Gasteiger partial charge in [-0.25, -0.2) is 0 Å². The highest BCUT2D eigenvalue weighted by Crippen LogP contribution is 2.20. The Morgan fingerprint density at radius 1 is 1.00 bits per heavy atom. The number of benzene rings is 1. The van der Waals surface area contributed by atoms with Crippen LogP contribution >= 0.6 is 0 Å². The van der Waals surface area contributed by atoms with Crippen molar-refractivity contribution in [3.63, 3.8) is 0 Å². The largest absolute Gasteiger partial charge is 0.381 e. The second-order valence-electron chi connectivity index (χ2n) is 7.30. The third-order valence-electron chi connectivity index (χ3n) is 5.57. The van der Waals surface area contributed by atoms with Crippen molar-refractivity contribution in [1.29, 1.82) is 0 Å². The molecule has 1 aromatic carbocycles. The van der Waals surface area contributed by atoms with Crippen LogP contribution in [-0.2, 0) is 4.74 Å². The predicted molar refractivity (Wildman–Crippen MR) is 95.9 cm³/mol. The van der Waals surface area contributed by atoms with Crippen LogP contribution in [0.15, 0.2) is 30.3 Å². The fourth-order valence-corrected chi connectivity index (χ4v) is 3.81. The molecule has 0 spiro atoms. The highest BCUT2D eigenvalue weighted by Gasteiger charge is 2.21. The lowest BCUT2D eigenvalue weighted by atomic mass is 9.97. The van der Waals surface area contributed by atoms with Crippen molar-refractivity contribution in [2.24, 2.45) is 5.92 Å². The minimum absolute atomic E-state index is 0.663. The van der Waals surface area contributed by atoms with Gasteiger partial charge in [-0.2, -0.15) is 0 Å². The maximum Gasteiger partial charge on any atom is 0.0469 e. The van der Waals surface area contributed by atoms with Crippen LogP contribution in [0.2, 0.25) is 0 Å². The third kappa shape index (κ3) is 5.30. The van der Waals surface area contributed by atoms with Gasteiger partial charge in [0.2, 0.25) is 0 Å². The van der Waals surface area contributed by atoms with Crippen LogP contribution in [0.4, 0.5) is 0 Å². The predicted octanol–water partition coefficient (Wildman–Crippen LogP) is 3.22. The Bertz CT molecular complexity index is 436. The van der Waals surface area contributed by atoms with E-state index < -0.39 is 0 Å². The van der Waals surface area contributed by atoms with Crippen molar-refractivity contribution in [3.05, 3.63) is 35.9 Å². The summed E-state index contributed by atoms with van der Waals surface area (Å²) in [5.74, 6) is 1.53. The minimum atomic E-state index is 0.663. The summed E-state index contributed by atoms with van der Waals surface area (Å²) < 4.78 is 5.47. The number of nitrogens with zero attached hydrogens (tertiary/aromatic N) is 2. The first-order valence-corrected chi connectivity index (χ1v) is 9.38. The van der Waals surface area contributed by atoms with E-state index in [2.05, 4.69) is 47.1 Å². The first kappa shape index (κ1) is 16.9. The van der Waals surface area contributed by atoms with E-state index >= 15 is 0 Å². The van der Waals surface area contributed by atoms with Gasteiger partial charge in [0.05, 0.1) is 0 Å². The standard InChI is InChI=1S/C20H32N2O/c1-18(20-5-3-2-4-6-20)7-10-21-11-13-22(14-12-21)17-19-8-15-23-16-9-19/h2-6,18-19H,7-17H2,1H3. The van der Waals surface area contributed by atoms with Crippen LogP contribution < -0.4 is 0 Å². The van der Waals surface area contributed by atoms with Gasteiger partial charge in [-0.3, -0.25) is 0 Å². The molecule has 0 aliphatic carbocycles. The van der Waals surface area contributed by atoms with E-state index in [-0.39, 0.29) is 0 Å². The van der Waals surface area contributed by atoms with Crippen molar-refractivity contribution in [1.82, 2.24) is 9.80 Å². The van der Waals surface area contributed by atoms with Crippen molar-refractivity contribution in [3.8, 4) is 0 Å². The molecule has 2 saturated heterocycles. The lowest BCUT2D eigenvalue weighted by Crippen LogP contribution is -2.48. The Morgan fingerprint density at radius 3 is 2.35 bits per heavy atom. The lowest BCUT2D eigenvalue weighted by Gasteiger charge is -2.37. The molecule has 3 rings (SSSR count). The molecular formula is C20H32N2O. The number of piperazine rings is 1. The number of rotatable bonds is 6. The van der Waals surface area contributed by atoms with Gasteiger partial charge in [0.25, 0.3) is 0 Å². The van der Waals surface area contributed by atoms with E-state index in [9.17, 15) is 0 Å². The quantitative estimate of drug-likeness (QED) is 0.801. The van der Waals surface area contributed by atoms with Gasteiger partial charge in [-0.05, 0) is 43.2 Å². The Morgan fingerprint density at radius 2 is 1.65 bits per heavy atom. The van der Waals surface area contributed by atoms with Crippen LogP contribution in [0, 0.1) is 5.92 Å². The first-order valence-electron chi connectivity index (χ1n) is 9.38. The molecule has 1 unspecified atom stereocenters. The van der Waals surface area contributed by atoms with Crippen LogP contribution in [0.1, 0.15) is 37.7 Å². The minimum Gasteiger partial charge on any atom is -0.381 e. The van der Waals surface area contributed by atoms with Gasteiger partial charge in [0, 0.05) is 45.9 Å². The van der Waals surface area contributed by atoms with Gasteiger partial charge in [0.15, 0.2) is 0 Å². The maximum atomic E-state index is 5.47. The third-order valence-corrected chi connectivity index (χ3v) is 5.57. The second kappa shape index (κ2) is 8.81. The van der Waals surface area contributed by atoms with Crippen molar-refractivity contribution in [2.45, 2.75) is 32.1 Å². The molecule has 0 aromatic heterocycles. The van der Waals surface area contributed by atoms with E-state index in [1.807, 2.05) is 0 Å². The van der Waals surface area contributed by atoms with Crippen molar-refractivity contribution in [2.75, 3.05) is 52.5 Å². The van der Waals surface area contributed by atoms with E-state index in [4.69, 9.17) is 4.74 Å². The molecule has 0 N–H and O–H groups in total. The average Bonchev–Trinajstić information content (AvgIpc) is 2.62. The second-order valence-corrected chi connectivity index (χ2v) is 7.30. The summed E-state index contributed by atoms with van der Waals surface area (Å²) in [4.78, 5) is 5.33. The Hall–Kier alpha value is -0.900. The monoisotopic (exact) mass is 316 g/mol. The van der Waals surface area contributed by atoms with E-state index in [1.165, 1.54) is 64.1 Å². The average molecular weight is 316 g/mol. The van der Waals surface area contributed by atoms with Crippen LogP contribution in [-0.4, -0.2) is 62.3 Å². The summed E-state index contributed by atoms with van der Waals surface area (Å²) in [7, 11) is 0. The molecule has 2 aliphatic rings. The number of ether oxygens (including phenoxy) is 1. The van der Waals surface area contributed by atoms with E-state index in [0.717, 1.165) is 19.1 Å². The Labute approximate surface area is 141 Å². The summed E-state index contributed by atoms with van der Waals surface area (Å²) in [5, 5.41) is 0. The zero-order chi connectivity index (χ0) is 15.9.